The van der Waals surface area contributed by atoms with E-state index in [0.717, 1.165) is 19.2 Å². The molecule has 1 heterocycles. The molecule has 11 heteroatoms. The summed E-state index contributed by atoms with van der Waals surface area (Å²) in [6, 6.07) is 2.12. The second kappa shape index (κ2) is 7.15. The summed E-state index contributed by atoms with van der Waals surface area (Å²) < 4.78 is 59.3. The Bertz CT molecular complexity index is 993. The maximum absolute atomic E-state index is 14.4. The third kappa shape index (κ3) is 4.61. The topological polar surface area (TPSA) is 53.2 Å². The average Bonchev–Trinajstić information content (AvgIpc) is 2.49. The van der Waals surface area contributed by atoms with Crippen LogP contribution >= 0.6 is 11.6 Å². The number of halogens is 5. The van der Waals surface area contributed by atoms with Crippen LogP contribution in [0.25, 0.3) is 5.69 Å². The van der Waals surface area contributed by atoms with Crippen molar-refractivity contribution in [3.8, 4) is 11.4 Å². The van der Waals surface area contributed by atoms with Gasteiger partial charge in [0.1, 0.15) is 17.3 Å². The number of nitrogens with zero attached hydrogens (tertiary/aromatic N) is 2. The molecule has 0 N–H and O–H groups in total. The normalized spacial score (nSPS) is 12.3. The van der Waals surface area contributed by atoms with Crippen LogP contribution < -0.4 is 16.0 Å². The fourth-order valence-electron chi connectivity index (χ4n) is 2.21. The van der Waals surface area contributed by atoms with E-state index in [-0.39, 0.29) is 21.4 Å². The lowest BCUT2D eigenvalue weighted by molar-refractivity contribution is -0.144. The summed E-state index contributed by atoms with van der Waals surface area (Å²) in [7, 11) is -0.822. The number of aromatic nitrogens is 2. The van der Waals surface area contributed by atoms with Crippen LogP contribution in [0.2, 0.25) is 24.7 Å². The Balaban J connectivity index is 2.67. The van der Waals surface area contributed by atoms with Crippen LogP contribution in [0.1, 0.15) is 5.69 Å². The van der Waals surface area contributed by atoms with E-state index in [9.17, 15) is 27.2 Å². The van der Waals surface area contributed by atoms with Crippen molar-refractivity contribution < 1.29 is 22.3 Å². The highest BCUT2D eigenvalue weighted by molar-refractivity contribution is 6.76. The predicted octanol–water partition coefficient (Wildman–Crippen LogP) is 3.60. The molecule has 27 heavy (non-hydrogen) atoms. The van der Waals surface area contributed by atoms with Crippen LogP contribution in [0.5, 0.6) is 5.75 Å². The molecular weight excluding hydrogens is 408 g/mol. The molecule has 0 aliphatic heterocycles. The van der Waals surface area contributed by atoms with E-state index in [2.05, 4.69) is 0 Å². The van der Waals surface area contributed by atoms with Crippen molar-refractivity contribution in [2.24, 2.45) is 7.05 Å². The van der Waals surface area contributed by atoms with Crippen molar-refractivity contribution in [3.63, 3.8) is 0 Å². The minimum atomic E-state index is -4.91. The van der Waals surface area contributed by atoms with Gasteiger partial charge >= 0.3 is 11.9 Å². The monoisotopic (exact) mass is 424 g/mol. The van der Waals surface area contributed by atoms with Crippen molar-refractivity contribution in [1.29, 1.82) is 0 Å². The molecule has 0 aliphatic rings. The molecule has 0 radical (unpaired) electrons. The van der Waals surface area contributed by atoms with Crippen LogP contribution in [-0.2, 0) is 13.2 Å². The molecule has 0 aliphatic carbocycles. The predicted molar refractivity (Wildman–Crippen MR) is 96.1 cm³/mol. The number of alkyl halides is 3. The van der Waals surface area contributed by atoms with Crippen LogP contribution in [0.4, 0.5) is 17.6 Å². The summed E-state index contributed by atoms with van der Waals surface area (Å²) in [5.74, 6) is -1.01. The summed E-state index contributed by atoms with van der Waals surface area (Å²) in [4.78, 5) is 24.5. The van der Waals surface area contributed by atoms with Crippen molar-refractivity contribution >= 4 is 19.7 Å². The van der Waals surface area contributed by atoms with E-state index in [4.69, 9.17) is 16.3 Å². The molecule has 0 saturated carbocycles. The lowest BCUT2D eigenvalue weighted by Crippen LogP contribution is -2.41. The third-order valence-electron chi connectivity index (χ3n) is 3.51. The zero-order valence-corrected chi connectivity index (χ0v) is 16.7. The third-order valence-corrected chi connectivity index (χ3v) is 4.82. The van der Waals surface area contributed by atoms with E-state index in [1.54, 1.807) is 0 Å². The van der Waals surface area contributed by atoms with Crippen LogP contribution in [0.3, 0.4) is 0 Å². The first kappa shape index (κ1) is 21.2. The summed E-state index contributed by atoms with van der Waals surface area (Å²) in [6.45, 7) is 6.05. The second-order valence-electron chi connectivity index (χ2n) is 7.13. The number of rotatable bonds is 4. The second-order valence-corrected chi connectivity index (χ2v) is 12.9. The van der Waals surface area contributed by atoms with Crippen molar-refractivity contribution in [2.45, 2.75) is 25.8 Å². The lowest BCUT2D eigenvalue weighted by atomic mass is 10.2. The molecule has 0 spiro atoms. The van der Waals surface area contributed by atoms with Crippen LogP contribution in [0, 0.1) is 5.82 Å². The summed E-state index contributed by atoms with van der Waals surface area (Å²) in [6.07, 6.45) is -4.58. The molecule has 1 aromatic heterocycles. The highest BCUT2D eigenvalue weighted by atomic mass is 35.5. The first-order chi connectivity index (χ1) is 12.2. The number of ether oxygens (including phenoxy) is 1. The molecule has 2 aromatic rings. The maximum Gasteiger partial charge on any atom is 0.431 e. The standard InChI is InChI=1S/C16H17ClF4N2O3Si/c1-22-13(16(19,20)21)7-14(24)23(15(22)25)11-6-12(9(17)5-10(11)18)26-8-27(2,3)4/h5-7H,8H2,1-4H3. The maximum atomic E-state index is 14.4. The van der Waals surface area contributed by atoms with Gasteiger partial charge in [-0.25, -0.2) is 13.8 Å². The molecule has 1 aromatic carbocycles. The molecule has 0 saturated heterocycles. The molecule has 2 rings (SSSR count). The number of hydrogen-bond donors (Lipinski definition) is 0. The van der Waals surface area contributed by atoms with Crippen molar-refractivity contribution in [2.75, 3.05) is 6.23 Å². The van der Waals surface area contributed by atoms with E-state index < -0.39 is 42.7 Å². The fourth-order valence-corrected chi connectivity index (χ4v) is 3.01. The quantitative estimate of drug-likeness (QED) is 0.556. The van der Waals surface area contributed by atoms with Gasteiger partial charge in [-0.15, -0.1) is 0 Å². The highest BCUT2D eigenvalue weighted by Crippen LogP contribution is 2.30. The Labute approximate surface area is 157 Å². The zero-order valence-electron chi connectivity index (χ0n) is 14.9. The van der Waals surface area contributed by atoms with Gasteiger partial charge in [-0.1, -0.05) is 31.2 Å². The smallest absolute Gasteiger partial charge is 0.431 e. The van der Waals surface area contributed by atoms with Gasteiger partial charge in [0.25, 0.3) is 5.56 Å². The largest absolute Gasteiger partial charge is 0.496 e. The highest BCUT2D eigenvalue weighted by Gasteiger charge is 2.35. The minimum absolute atomic E-state index is 0.0318. The Kier molecular flexibility index (Phi) is 5.63. The van der Waals surface area contributed by atoms with Crippen LogP contribution in [-0.4, -0.2) is 23.4 Å². The lowest BCUT2D eigenvalue weighted by Gasteiger charge is -2.19. The van der Waals surface area contributed by atoms with E-state index in [1.807, 2.05) is 19.6 Å². The Hall–Kier alpha value is -2.07. The zero-order chi connectivity index (χ0) is 20.7. The molecule has 148 valence electrons. The number of benzene rings is 1. The Morgan fingerprint density at radius 3 is 2.26 bits per heavy atom. The molecular formula is C16H17ClF4N2O3Si. The van der Waals surface area contributed by atoms with Gasteiger partial charge < -0.3 is 4.74 Å². The van der Waals surface area contributed by atoms with Gasteiger partial charge in [0.15, 0.2) is 0 Å². The minimum Gasteiger partial charge on any atom is -0.496 e. The molecule has 0 atom stereocenters. The van der Waals surface area contributed by atoms with Gasteiger partial charge in [0, 0.05) is 19.2 Å². The first-order valence-corrected chi connectivity index (χ1v) is 11.8. The van der Waals surface area contributed by atoms with Gasteiger partial charge in [-0.2, -0.15) is 13.2 Å². The molecule has 0 fully saturated rings. The van der Waals surface area contributed by atoms with E-state index >= 15 is 0 Å². The fraction of sp³-hybridized carbons (Fsp3) is 0.375. The first-order valence-electron chi connectivity index (χ1n) is 7.75. The molecule has 0 bridgehead atoms. The molecule has 0 amide bonds. The van der Waals surface area contributed by atoms with Gasteiger partial charge in [0.05, 0.1) is 25.0 Å². The molecule has 5 nitrogen and oxygen atoms in total. The van der Waals surface area contributed by atoms with Gasteiger partial charge in [-0.05, 0) is 6.07 Å². The van der Waals surface area contributed by atoms with E-state index in [0.29, 0.717) is 10.8 Å². The van der Waals surface area contributed by atoms with Gasteiger partial charge in [-0.3, -0.25) is 9.36 Å². The Morgan fingerprint density at radius 2 is 1.74 bits per heavy atom. The van der Waals surface area contributed by atoms with Gasteiger partial charge in [0.2, 0.25) is 0 Å². The summed E-state index contributed by atoms with van der Waals surface area (Å²) in [5, 5.41) is -0.0775. The summed E-state index contributed by atoms with van der Waals surface area (Å²) >= 11 is 5.94. The van der Waals surface area contributed by atoms with Crippen LogP contribution in [0.15, 0.2) is 27.8 Å². The van der Waals surface area contributed by atoms with E-state index in [1.165, 1.54) is 0 Å². The Morgan fingerprint density at radius 1 is 1.15 bits per heavy atom. The average molecular weight is 425 g/mol. The summed E-state index contributed by atoms with van der Waals surface area (Å²) in [5.41, 5.74) is -4.63. The number of hydrogen-bond acceptors (Lipinski definition) is 3. The molecule has 0 unspecified atom stereocenters. The SMILES string of the molecule is Cn1c(C(F)(F)F)cc(=O)n(-c2cc(OC[Si](C)(C)C)c(Cl)cc2F)c1=O. The van der Waals surface area contributed by atoms with Crippen molar-refractivity contribution in [3.05, 3.63) is 55.6 Å². The van der Waals surface area contributed by atoms with Crippen molar-refractivity contribution in [1.82, 2.24) is 9.13 Å².